The van der Waals surface area contributed by atoms with Crippen LogP contribution in [-0.4, -0.2) is 44.1 Å². The average molecular weight is 354 g/mol. The number of amides is 1. The standard InChI is InChI=1S/C17H26N2O4S/c1-3-23-16-12-8-7-11-15(16)18-17(20)13-19(24(2,21)22)14-9-5-4-6-10-14/h7-8,11-12,14H,3-6,9-10,13H2,1-2H3,(H,18,20). The molecule has 1 amide bonds. The lowest BCUT2D eigenvalue weighted by atomic mass is 9.95. The van der Waals surface area contributed by atoms with Crippen LogP contribution in [0.2, 0.25) is 0 Å². The van der Waals surface area contributed by atoms with Crippen molar-refractivity contribution in [2.75, 3.05) is 24.7 Å². The van der Waals surface area contributed by atoms with E-state index in [0.29, 0.717) is 18.0 Å². The molecule has 1 aromatic rings. The predicted molar refractivity (Wildman–Crippen MR) is 94.7 cm³/mol. The zero-order chi connectivity index (χ0) is 17.6. The molecule has 1 aliphatic rings. The second-order valence-electron chi connectivity index (χ2n) is 6.08. The van der Waals surface area contributed by atoms with Crippen molar-refractivity contribution in [2.24, 2.45) is 0 Å². The molecule has 1 fully saturated rings. The number of carbonyl (C=O) groups excluding carboxylic acids is 1. The Morgan fingerprint density at radius 2 is 1.92 bits per heavy atom. The molecule has 0 spiro atoms. The fourth-order valence-electron chi connectivity index (χ4n) is 3.07. The minimum Gasteiger partial charge on any atom is -0.492 e. The summed E-state index contributed by atoms with van der Waals surface area (Å²) in [6.07, 6.45) is 5.94. The summed E-state index contributed by atoms with van der Waals surface area (Å²) in [5, 5.41) is 2.77. The van der Waals surface area contributed by atoms with Crippen LogP contribution in [0.3, 0.4) is 0 Å². The van der Waals surface area contributed by atoms with Crippen LogP contribution >= 0.6 is 0 Å². The van der Waals surface area contributed by atoms with Gasteiger partial charge < -0.3 is 10.1 Å². The maximum atomic E-state index is 12.4. The van der Waals surface area contributed by atoms with E-state index in [-0.39, 0.29) is 18.5 Å². The zero-order valence-corrected chi connectivity index (χ0v) is 15.1. The van der Waals surface area contributed by atoms with E-state index in [0.717, 1.165) is 32.1 Å². The molecular weight excluding hydrogens is 328 g/mol. The predicted octanol–water partition coefficient (Wildman–Crippen LogP) is 2.62. The summed E-state index contributed by atoms with van der Waals surface area (Å²) < 4.78 is 31.0. The van der Waals surface area contributed by atoms with Crippen LogP contribution in [0, 0.1) is 0 Å². The normalized spacial score (nSPS) is 16.1. The molecule has 0 bridgehead atoms. The number of benzene rings is 1. The van der Waals surface area contributed by atoms with Crippen LogP contribution in [-0.2, 0) is 14.8 Å². The van der Waals surface area contributed by atoms with Crippen LogP contribution < -0.4 is 10.1 Å². The molecule has 0 aliphatic heterocycles. The smallest absolute Gasteiger partial charge is 0.239 e. The van der Waals surface area contributed by atoms with Gasteiger partial charge in [0.1, 0.15) is 5.75 Å². The molecule has 6 nitrogen and oxygen atoms in total. The van der Waals surface area contributed by atoms with Gasteiger partial charge in [0.25, 0.3) is 0 Å². The van der Waals surface area contributed by atoms with Gasteiger partial charge in [0.2, 0.25) is 15.9 Å². The van der Waals surface area contributed by atoms with E-state index >= 15 is 0 Å². The van der Waals surface area contributed by atoms with Crippen molar-refractivity contribution >= 4 is 21.6 Å². The maximum Gasteiger partial charge on any atom is 0.239 e. The number of para-hydroxylation sites is 2. The molecule has 0 radical (unpaired) electrons. The summed E-state index contributed by atoms with van der Waals surface area (Å²) in [5.41, 5.74) is 0.557. The molecule has 0 atom stereocenters. The number of nitrogens with one attached hydrogen (secondary N) is 1. The van der Waals surface area contributed by atoms with Crippen LogP contribution in [0.1, 0.15) is 39.0 Å². The molecular formula is C17H26N2O4S. The van der Waals surface area contributed by atoms with Gasteiger partial charge in [-0.05, 0) is 31.9 Å². The van der Waals surface area contributed by atoms with Crippen molar-refractivity contribution in [3.05, 3.63) is 24.3 Å². The van der Waals surface area contributed by atoms with Gasteiger partial charge in [-0.15, -0.1) is 0 Å². The molecule has 134 valence electrons. The topological polar surface area (TPSA) is 75.7 Å². The number of anilines is 1. The van der Waals surface area contributed by atoms with E-state index < -0.39 is 10.0 Å². The Bertz CT molecular complexity index is 654. The van der Waals surface area contributed by atoms with E-state index in [2.05, 4.69) is 5.32 Å². The Hall–Kier alpha value is -1.60. The van der Waals surface area contributed by atoms with Gasteiger partial charge in [-0.25, -0.2) is 8.42 Å². The average Bonchev–Trinajstić information content (AvgIpc) is 2.54. The van der Waals surface area contributed by atoms with E-state index in [1.807, 2.05) is 13.0 Å². The van der Waals surface area contributed by atoms with Gasteiger partial charge in [-0.1, -0.05) is 31.4 Å². The number of hydrogen-bond donors (Lipinski definition) is 1. The van der Waals surface area contributed by atoms with Gasteiger partial charge in [0, 0.05) is 6.04 Å². The fourth-order valence-corrected chi connectivity index (χ4v) is 4.17. The van der Waals surface area contributed by atoms with Crippen LogP contribution in [0.4, 0.5) is 5.69 Å². The summed E-state index contributed by atoms with van der Waals surface area (Å²) in [7, 11) is -3.43. The van der Waals surface area contributed by atoms with E-state index in [1.165, 1.54) is 10.6 Å². The molecule has 0 aromatic heterocycles. The molecule has 1 aromatic carbocycles. The third-order valence-electron chi connectivity index (χ3n) is 4.17. The lowest BCUT2D eigenvalue weighted by Gasteiger charge is -2.31. The van der Waals surface area contributed by atoms with Crippen LogP contribution in [0.15, 0.2) is 24.3 Å². The van der Waals surface area contributed by atoms with E-state index in [9.17, 15) is 13.2 Å². The van der Waals surface area contributed by atoms with Gasteiger partial charge in [-0.3, -0.25) is 4.79 Å². The zero-order valence-electron chi connectivity index (χ0n) is 14.3. The minimum atomic E-state index is -3.43. The molecule has 7 heteroatoms. The third kappa shape index (κ3) is 5.21. The monoisotopic (exact) mass is 354 g/mol. The summed E-state index contributed by atoms with van der Waals surface area (Å²) in [6, 6.07) is 7.06. The van der Waals surface area contributed by atoms with Crippen LogP contribution in [0.5, 0.6) is 5.75 Å². The number of nitrogens with zero attached hydrogens (tertiary/aromatic N) is 1. The van der Waals surface area contributed by atoms with Crippen molar-refractivity contribution < 1.29 is 17.9 Å². The third-order valence-corrected chi connectivity index (χ3v) is 5.45. The minimum absolute atomic E-state index is 0.0818. The number of ether oxygens (including phenoxy) is 1. The number of sulfonamides is 1. The molecule has 1 saturated carbocycles. The summed E-state index contributed by atoms with van der Waals surface area (Å²) >= 11 is 0. The lowest BCUT2D eigenvalue weighted by Crippen LogP contribution is -2.45. The first kappa shape index (κ1) is 18.7. The first-order valence-electron chi connectivity index (χ1n) is 8.40. The first-order chi connectivity index (χ1) is 11.4. The SMILES string of the molecule is CCOc1ccccc1NC(=O)CN(C1CCCCC1)S(C)(=O)=O. The highest BCUT2D eigenvalue weighted by Crippen LogP contribution is 2.26. The summed E-state index contributed by atoms with van der Waals surface area (Å²) in [4.78, 5) is 12.4. The second-order valence-corrected chi connectivity index (χ2v) is 8.01. The number of hydrogen-bond acceptors (Lipinski definition) is 4. The molecule has 0 unspecified atom stereocenters. The highest BCUT2D eigenvalue weighted by molar-refractivity contribution is 7.88. The Labute approximate surface area is 144 Å². The highest BCUT2D eigenvalue weighted by atomic mass is 32.2. The first-order valence-corrected chi connectivity index (χ1v) is 10.2. The van der Waals surface area contributed by atoms with Gasteiger partial charge in [0.05, 0.1) is 25.1 Å². The van der Waals surface area contributed by atoms with Crippen molar-refractivity contribution in [1.29, 1.82) is 0 Å². The molecule has 1 aliphatic carbocycles. The van der Waals surface area contributed by atoms with Crippen LogP contribution in [0.25, 0.3) is 0 Å². The molecule has 1 N–H and O–H groups in total. The second kappa shape index (κ2) is 8.48. The molecule has 24 heavy (non-hydrogen) atoms. The summed E-state index contributed by atoms with van der Waals surface area (Å²) in [6.45, 7) is 2.20. The Kier molecular flexibility index (Phi) is 6.62. The molecule has 2 rings (SSSR count). The quantitative estimate of drug-likeness (QED) is 0.817. The Balaban J connectivity index is 2.08. The van der Waals surface area contributed by atoms with Gasteiger partial charge in [-0.2, -0.15) is 4.31 Å². The van der Waals surface area contributed by atoms with E-state index in [4.69, 9.17) is 4.74 Å². The van der Waals surface area contributed by atoms with E-state index in [1.54, 1.807) is 18.2 Å². The van der Waals surface area contributed by atoms with Crippen molar-refractivity contribution in [3.8, 4) is 5.75 Å². The maximum absolute atomic E-state index is 12.4. The van der Waals surface area contributed by atoms with Gasteiger partial charge in [0.15, 0.2) is 0 Å². The van der Waals surface area contributed by atoms with Crippen molar-refractivity contribution in [3.63, 3.8) is 0 Å². The molecule has 0 saturated heterocycles. The summed E-state index contributed by atoms with van der Waals surface area (Å²) in [5.74, 6) is 0.232. The number of carbonyl (C=O) groups is 1. The Morgan fingerprint density at radius 3 is 2.54 bits per heavy atom. The van der Waals surface area contributed by atoms with Crippen molar-refractivity contribution in [1.82, 2.24) is 4.31 Å². The van der Waals surface area contributed by atoms with Crippen molar-refractivity contribution in [2.45, 2.75) is 45.1 Å². The fraction of sp³-hybridized carbons (Fsp3) is 0.588. The largest absolute Gasteiger partial charge is 0.492 e. The highest BCUT2D eigenvalue weighted by Gasteiger charge is 2.30. The Morgan fingerprint density at radius 1 is 1.25 bits per heavy atom. The number of rotatable bonds is 7. The lowest BCUT2D eigenvalue weighted by molar-refractivity contribution is -0.116. The molecule has 0 heterocycles. The van der Waals surface area contributed by atoms with Gasteiger partial charge >= 0.3 is 0 Å².